The van der Waals surface area contributed by atoms with E-state index in [1.54, 1.807) is 0 Å². The summed E-state index contributed by atoms with van der Waals surface area (Å²) >= 11 is 4.01. The van der Waals surface area contributed by atoms with Crippen LogP contribution >= 0.6 is 27.7 Å². The minimum Gasteiger partial charge on any atom is -0.478 e. The molecule has 1 amide bonds. The van der Waals surface area contributed by atoms with Gasteiger partial charge in [0.1, 0.15) is 10.8 Å². The first-order chi connectivity index (χ1) is 12.2. The Balaban J connectivity index is 2.04. The van der Waals surface area contributed by atoms with Crippen molar-refractivity contribution in [2.45, 2.75) is 11.4 Å². The third-order valence-corrected chi connectivity index (χ3v) is 4.48. The van der Waals surface area contributed by atoms with E-state index in [9.17, 15) is 22.8 Å². The molecular weight excluding hydrogens is 441 g/mol. The van der Waals surface area contributed by atoms with E-state index in [1.165, 1.54) is 24.4 Å². The minimum absolute atomic E-state index is 0.0490. The lowest BCUT2D eigenvalue weighted by Crippen LogP contribution is -2.18. The quantitative estimate of drug-likeness (QED) is 0.642. The Hall–Kier alpha value is -2.27. The molecule has 11 heteroatoms. The van der Waals surface area contributed by atoms with Crippen molar-refractivity contribution in [3.63, 3.8) is 0 Å². The first kappa shape index (κ1) is 20.0. The van der Waals surface area contributed by atoms with Crippen LogP contribution in [0.15, 0.2) is 46.0 Å². The van der Waals surface area contributed by atoms with E-state index in [1.807, 2.05) is 0 Å². The number of aromatic carboxylic acids is 1. The number of hydrogen-bond donors (Lipinski definition) is 2. The van der Waals surface area contributed by atoms with Crippen molar-refractivity contribution < 1.29 is 32.6 Å². The number of carbonyl (C=O) groups is 2. The summed E-state index contributed by atoms with van der Waals surface area (Å²) in [5, 5.41) is 11.6. The second-order valence-electron chi connectivity index (χ2n) is 4.69. The van der Waals surface area contributed by atoms with Crippen molar-refractivity contribution in [3.05, 3.63) is 46.6 Å². The Bertz CT molecular complexity index is 833. The summed E-state index contributed by atoms with van der Waals surface area (Å²) in [5.74, 6) is -2.40. The fourth-order valence-electron chi connectivity index (χ4n) is 1.79. The summed E-state index contributed by atoms with van der Waals surface area (Å²) in [5.41, 5.74) is 0.0314. The molecule has 0 aliphatic heterocycles. The highest BCUT2D eigenvalue weighted by atomic mass is 79.9. The van der Waals surface area contributed by atoms with E-state index in [0.717, 1.165) is 23.9 Å². The maximum Gasteiger partial charge on any atom is 0.573 e. The number of alkyl halides is 3. The summed E-state index contributed by atoms with van der Waals surface area (Å²) in [6.45, 7) is 0. The molecule has 0 saturated carbocycles. The fourth-order valence-corrected chi connectivity index (χ4v) is 2.92. The summed E-state index contributed by atoms with van der Waals surface area (Å²) in [6, 6.07) is 6.21. The summed E-state index contributed by atoms with van der Waals surface area (Å²) < 4.78 is 41.0. The Morgan fingerprint density at radius 2 is 2.04 bits per heavy atom. The molecule has 26 heavy (non-hydrogen) atoms. The predicted octanol–water partition coefficient (Wildman–Crippen LogP) is 4.17. The number of rotatable bonds is 6. The zero-order chi connectivity index (χ0) is 19.3. The van der Waals surface area contributed by atoms with Gasteiger partial charge in [-0.15, -0.1) is 13.2 Å². The third-order valence-electron chi connectivity index (χ3n) is 2.79. The van der Waals surface area contributed by atoms with E-state index in [0.29, 0.717) is 4.47 Å². The average Bonchev–Trinajstić information content (AvgIpc) is 2.55. The molecule has 138 valence electrons. The Morgan fingerprint density at radius 3 is 2.69 bits per heavy atom. The minimum atomic E-state index is -4.85. The van der Waals surface area contributed by atoms with Crippen molar-refractivity contribution in [2.75, 3.05) is 11.1 Å². The van der Waals surface area contributed by atoms with Crippen LogP contribution < -0.4 is 10.1 Å². The van der Waals surface area contributed by atoms with Gasteiger partial charge in [-0.1, -0.05) is 11.8 Å². The molecule has 0 bridgehead atoms. The number of nitrogens with zero attached hydrogens (tertiary/aromatic N) is 1. The summed E-state index contributed by atoms with van der Waals surface area (Å²) in [4.78, 5) is 27.0. The monoisotopic (exact) mass is 450 g/mol. The highest BCUT2D eigenvalue weighted by molar-refractivity contribution is 9.10. The Labute approximate surface area is 157 Å². The summed E-state index contributed by atoms with van der Waals surface area (Å²) in [7, 11) is 0. The highest BCUT2D eigenvalue weighted by Gasteiger charge is 2.31. The van der Waals surface area contributed by atoms with Gasteiger partial charge >= 0.3 is 12.3 Å². The highest BCUT2D eigenvalue weighted by Crippen LogP contribution is 2.31. The van der Waals surface area contributed by atoms with Gasteiger partial charge in [-0.05, 0) is 40.2 Å². The van der Waals surface area contributed by atoms with E-state index in [4.69, 9.17) is 5.11 Å². The van der Waals surface area contributed by atoms with Gasteiger partial charge in [0.2, 0.25) is 5.91 Å². The molecule has 0 saturated heterocycles. The third kappa shape index (κ3) is 5.92. The number of nitrogens with one attached hydrogen (secondary N) is 1. The number of thioether (sulfide) groups is 1. The number of pyridine rings is 1. The van der Waals surface area contributed by atoms with Gasteiger partial charge in [0.25, 0.3) is 0 Å². The van der Waals surface area contributed by atoms with Gasteiger partial charge < -0.3 is 15.2 Å². The van der Waals surface area contributed by atoms with Crippen LogP contribution in [0.25, 0.3) is 0 Å². The van der Waals surface area contributed by atoms with E-state index in [-0.39, 0.29) is 22.0 Å². The van der Waals surface area contributed by atoms with Gasteiger partial charge in [-0.3, -0.25) is 4.79 Å². The van der Waals surface area contributed by atoms with Crippen LogP contribution in [0, 0.1) is 0 Å². The zero-order valence-corrected chi connectivity index (χ0v) is 15.1. The molecule has 1 heterocycles. The van der Waals surface area contributed by atoms with Gasteiger partial charge in [-0.2, -0.15) is 0 Å². The van der Waals surface area contributed by atoms with E-state index >= 15 is 0 Å². The molecule has 0 aliphatic carbocycles. The number of carboxylic acids is 1. The molecule has 1 aromatic heterocycles. The lowest BCUT2D eigenvalue weighted by atomic mass is 10.3. The molecule has 0 fully saturated rings. The standard InChI is InChI=1S/C15H10BrF3N2O4S/c16-10-4-3-8(25-15(17,18)19)6-11(10)21-12(22)7-26-13-9(14(23)24)2-1-5-20-13/h1-6H,7H2,(H,21,22)(H,23,24). The number of amides is 1. The van der Waals surface area contributed by atoms with Crippen LogP contribution in [-0.2, 0) is 4.79 Å². The molecule has 1 aromatic carbocycles. The van der Waals surface area contributed by atoms with E-state index in [2.05, 4.69) is 31.0 Å². The van der Waals surface area contributed by atoms with Crippen molar-refractivity contribution in [1.29, 1.82) is 0 Å². The van der Waals surface area contributed by atoms with Crippen LogP contribution in [0.4, 0.5) is 18.9 Å². The second kappa shape index (κ2) is 8.41. The van der Waals surface area contributed by atoms with Crippen LogP contribution in [-0.4, -0.2) is 34.1 Å². The largest absolute Gasteiger partial charge is 0.573 e. The molecule has 0 radical (unpaired) electrons. The average molecular weight is 451 g/mol. The molecular formula is C15H10BrF3N2O4S. The van der Waals surface area contributed by atoms with Crippen LogP contribution in [0.3, 0.4) is 0 Å². The zero-order valence-electron chi connectivity index (χ0n) is 12.7. The van der Waals surface area contributed by atoms with Crippen LogP contribution in [0.5, 0.6) is 5.75 Å². The maximum atomic E-state index is 12.3. The number of carbonyl (C=O) groups excluding carboxylic acids is 1. The lowest BCUT2D eigenvalue weighted by molar-refractivity contribution is -0.274. The van der Waals surface area contributed by atoms with Crippen LogP contribution in [0.2, 0.25) is 0 Å². The van der Waals surface area contributed by atoms with Gasteiger partial charge in [0.05, 0.1) is 17.0 Å². The molecule has 0 spiro atoms. The molecule has 0 atom stereocenters. The number of anilines is 1. The molecule has 2 rings (SSSR count). The van der Waals surface area contributed by atoms with Crippen molar-refractivity contribution in [2.24, 2.45) is 0 Å². The Kier molecular flexibility index (Phi) is 6.48. The normalized spacial score (nSPS) is 11.1. The van der Waals surface area contributed by atoms with Gasteiger partial charge in [0, 0.05) is 16.7 Å². The number of ether oxygens (including phenoxy) is 1. The Morgan fingerprint density at radius 1 is 1.31 bits per heavy atom. The van der Waals surface area contributed by atoms with Gasteiger partial charge in [0.15, 0.2) is 0 Å². The fraction of sp³-hybridized carbons (Fsp3) is 0.133. The van der Waals surface area contributed by atoms with E-state index < -0.39 is 24.0 Å². The molecule has 0 unspecified atom stereocenters. The van der Waals surface area contributed by atoms with Crippen LogP contribution in [0.1, 0.15) is 10.4 Å². The number of hydrogen-bond acceptors (Lipinski definition) is 5. The number of halogens is 4. The topological polar surface area (TPSA) is 88.5 Å². The number of benzene rings is 1. The SMILES string of the molecule is O=C(CSc1ncccc1C(=O)O)Nc1cc(OC(F)(F)F)ccc1Br. The first-order valence-electron chi connectivity index (χ1n) is 6.82. The summed E-state index contributed by atoms with van der Waals surface area (Å²) in [6.07, 6.45) is -3.46. The van der Waals surface area contributed by atoms with Crippen molar-refractivity contribution in [3.8, 4) is 5.75 Å². The first-order valence-corrected chi connectivity index (χ1v) is 8.60. The van der Waals surface area contributed by atoms with Crippen molar-refractivity contribution >= 4 is 45.3 Å². The predicted molar refractivity (Wildman–Crippen MR) is 91.4 cm³/mol. The molecule has 2 N–H and O–H groups in total. The molecule has 6 nitrogen and oxygen atoms in total. The maximum absolute atomic E-state index is 12.3. The lowest BCUT2D eigenvalue weighted by Gasteiger charge is -2.12. The molecule has 0 aliphatic rings. The number of carboxylic acid groups (broad SMARTS) is 1. The smallest absolute Gasteiger partial charge is 0.478 e. The molecule has 2 aromatic rings. The van der Waals surface area contributed by atoms with Gasteiger partial charge in [-0.25, -0.2) is 9.78 Å². The number of aromatic nitrogens is 1. The second-order valence-corrected chi connectivity index (χ2v) is 6.51. The van der Waals surface area contributed by atoms with Crippen molar-refractivity contribution in [1.82, 2.24) is 4.98 Å².